The average molecular weight is 186 g/mol. The second-order valence-corrected chi connectivity index (χ2v) is 3.81. The van der Waals surface area contributed by atoms with Crippen molar-refractivity contribution in [3.05, 3.63) is 0 Å². The summed E-state index contributed by atoms with van der Waals surface area (Å²) in [4.78, 5) is 13.2. The maximum atomic E-state index is 11.6. The van der Waals surface area contributed by atoms with Crippen LogP contribution in [0.15, 0.2) is 0 Å². The molecular formula is C9H18N2O2. The molecule has 76 valence electrons. The molecule has 0 aromatic rings. The topological polar surface area (TPSA) is 66.6 Å². The van der Waals surface area contributed by atoms with Gasteiger partial charge in [-0.2, -0.15) is 0 Å². The number of carbonyl (C=O) groups is 1. The number of nitrogens with two attached hydrogens (primary N) is 1. The van der Waals surface area contributed by atoms with E-state index in [0.717, 1.165) is 6.42 Å². The van der Waals surface area contributed by atoms with Crippen LogP contribution in [0.1, 0.15) is 20.3 Å². The van der Waals surface area contributed by atoms with Crippen LogP contribution in [0.2, 0.25) is 0 Å². The van der Waals surface area contributed by atoms with Crippen molar-refractivity contribution in [2.45, 2.75) is 32.4 Å². The van der Waals surface area contributed by atoms with Gasteiger partial charge in [0.25, 0.3) is 0 Å². The van der Waals surface area contributed by atoms with Crippen LogP contribution in [-0.2, 0) is 4.79 Å². The third kappa shape index (κ3) is 2.19. The van der Waals surface area contributed by atoms with Gasteiger partial charge < -0.3 is 15.7 Å². The van der Waals surface area contributed by atoms with E-state index < -0.39 is 6.04 Å². The molecule has 0 unspecified atom stereocenters. The van der Waals surface area contributed by atoms with Crippen molar-refractivity contribution in [1.29, 1.82) is 0 Å². The van der Waals surface area contributed by atoms with E-state index in [2.05, 4.69) is 0 Å². The summed E-state index contributed by atoms with van der Waals surface area (Å²) in [5.74, 6) is 0.185. The van der Waals surface area contributed by atoms with E-state index in [9.17, 15) is 4.79 Å². The minimum atomic E-state index is -0.405. The third-order valence-electron chi connectivity index (χ3n) is 2.72. The number of likely N-dealkylation sites (tertiary alicyclic amines) is 1. The van der Waals surface area contributed by atoms with E-state index in [0.29, 0.717) is 13.1 Å². The molecule has 1 amide bonds. The fourth-order valence-corrected chi connectivity index (χ4v) is 1.34. The first-order valence-corrected chi connectivity index (χ1v) is 4.78. The van der Waals surface area contributed by atoms with E-state index in [-0.39, 0.29) is 17.9 Å². The van der Waals surface area contributed by atoms with Gasteiger partial charge in [0.2, 0.25) is 5.91 Å². The summed E-state index contributed by atoms with van der Waals surface area (Å²) in [6, 6.07) is -0.405. The molecular weight excluding hydrogens is 168 g/mol. The highest BCUT2D eigenvalue weighted by Gasteiger charge is 2.33. The Labute approximate surface area is 78.7 Å². The van der Waals surface area contributed by atoms with E-state index in [4.69, 9.17) is 10.8 Å². The normalized spacial score (nSPS) is 22.3. The van der Waals surface area contributed by atoms with Gasteiger partial charge in [0.15, 0.2) is 0 Å². The fourth-order valence-electron chi connectivity index (χ4n) is 1.34. The number of rotatable bonds is 3. The second-order valence-electron chi connectivity index (χ2n) is 3.81. The van der Waals surface area contributed by atoms with Crippen LogP contribution >= 0.6 is 0 Å². The van der Waals surface area contributed by atoms with Gasteiger partial charge in [0.1, 0.15) is 0 Å². The standard InChI is InChI=1S/C9H18N2O2/c1-3-6(2)8(10)9(13)11-4-7(12)5-11/h6-8,12H,3-5,10H2,1-2H3/t6-,8-/m0/s1. The van der Waals surface area contributed by atoms with Gasteiger partial charge in [0.05, 0.1) is 12.1 Å². The molecule has 1 aliphatic rings. The molecule has 1 fully saturated rings. The number of carbonyl (C=O) groups excluding carboxylic acids is 1. The number of β-amino-alcohol motifs (C(OH)–C–C–N with tert-alkyl or cyclic N) is 1. The van der Waals surface area contributed by atoms with Gasteiger partial charge in [-0.25, -0.2) is 0 Å². The molecule has 1 rings (SSSR count). The Morgan fingerprint density at radius 1 is 1.69 bits per heavy atom. The second kappa shape index (κ2) is 4.07. The number of hydrogen-bond acceptors (Lipinski definition) is 3. The van der Waals surface area contributed by atoms with Crippen LogP contribution in [0.5, 0.6) is 0 Å². The number of nitrogens with zero attached hydrogens (tertiary/aromatic N) is 1. The summed E-state index contributed by atoms with van der Waals surface area (Å²) in [7, 11) is 0. The maximum Gasteiger partial charge on any atom is 0.239 e. The van der Waals surface area contributed by atoms with E-state index in [1.807, 2.05) is 13.8 Å². The van der Waals surface area contributed by atoms with Crippen molar-refractivity contribution in [2.75, 3.05) is 13.1 Å². The number of hydrogen-bond donors (Lipinski definition) is 2. The molecule has 4 heteroatoms. The van der Waals surface area contributed by atoms with Crippen molar-refractivity contribution in [1.82, 2.24) is 4.90 Å². The third-order valence-corrected chi connectivity index (χ3v) is 2.72. The highest BCUT2D eigenvalue weighted by Crippen LogP contribution is 2.13. The summed E-state index contributed by atoms with van der Waals surface area (Å²) < 4.78 is 0. The lowest BCUT2D eigenvalue weighted by molar-refractivity contribution is -0.143. The Morgan fingerprint density at radius 3 is 2.62 bits per heavy atom. The van der Waals surface area contributed by atoms with Gasteiger partial charge in [-0.1, -0.05) is 20.3 Å². The van der Waals surface area contributed by atoms with Crippen LogP contribution in [0.3, 0.4) is 0 Å². The molecule has 2 atom stereocenters. The zero-order valence-electron chi connectivity index (χ0n) is 8.23. The zero-order chi connectivity index (χ0) is 10.0. The number of aliphatic hydroxyl groups excluding tert-OH is 1. The van der Waals surface area contributed by atoms with E-state index in [1.165, 1.54) is 0 Å². The molecule has 0 radical (unpaired) electrons. The Bertz CT molecular complexity index is 190. The summed E-state index contributed by atoms with van der Waals surface area (Å²) in [6.45, 7) is 4.88. The van der Waals surface area contributed by atoms with Gasteiger partial charge in [-0.05, 0) is 5.92 Å². The average Bonchev–Trinajstić information content (AvgIpc) is 2.09. The molecule has 1 saturated heterocycles. The SMILES string of the molecule is CC[C@H](C)[C@H](N)C(=O)N1CC(O)C1. The minimum absolute atomic E-state index is 0.0281. The van der Waals surface area contributed by atoms with Gasteiger partial charge >= 0.3 is 0 Å². The molecule has 0 spiro atoms. The molecule has 0 bridgehead atoms. The first-order chi connectivity index (χ1) is 6.06. The molecule has 0 aliphatic carbocycles. The monoisotopic (exact) mass is 186 g/mol. The first-order valence-electron chi connectivity index (χ1n) is 4.78. The molecule has 0 saturated carbocycles. The smallest absolute Gasteiger partial charge is 0.239 e. The summed E-state index contributed by atoms with van der Waals surface area (Å²) in [6.07, 6.45) is 0.566. The van der Waals surface area contributed by atoms with Crippen LogP contribution in [0.4, 0.5) is 0 Å². The Morgan fingerprint density at radius 2 is 2.23 bits per heavy atom. The quantitative estimate of drug-likeness (QED) is 0.628. The maximum absolute atomic E-state index is 11.6. The molecule has 0 aromatic carbocycles. The lowest BCUT2D eigenvalue weighted by atomic mass is 9.97. The fraction of sp³-hybridized carbons (Fsp3) is 0.889. The van der Waals surface area contributed by atoms with E-state index in [1.54, 1.807) is 4.90 Å². The molecule has 13 heavy (non-hydrogen) atoms. The number of amides is 1. The van der Waals surface area contributed by atoms with Gasteiger partial charge in [0, 0.05) is 13.1 Å². The molecule has 1 aliphatic heterocycles. The van der Waals surface area contributed by atoms with E-state index >= 15 is 0 Å². The summed E-state index contributed by atoms with van der Waals surface area (Å²) in [5.41, 5.74) is 5.75. The highest BCUT2D eigenvalue weighted by molar-refractivity contribution is 5.82. The highest BCUT2D eigenvalue weighted by atomic mass is 16.3. The van der Waals surface area contributed by atoms with Crippen molar-refractivity contribution in [3.63, 3.8) is 0 Å². The summed E-state index contributed by atoms with van der Waals surface area (Å²) in [5, 5.41) is 9.01. The molecule has 0 aromatic heterocycles. The summed E-state index contributed by atoms with van der Waals surface area (Å²) >= 11 is 0. The lowest BCUT2D eigenvalue weighted by Gasteiger charge is -2.38. The van der Waals surface area contributed by atoms with Crippen LogP contribution in [-0.4, -0.2) is 41.1 Å². The van der Waals surface area contributed by atoms with Crippen LogP contribution in [0.25, 0.3) is 0 Å². The predicted octanol–water partition coefficient (Wildman–Crippen LogP) is -0.437. The Hall–Kier alpha value is -0.610. The number of aliphatic hydroxyl groups is 1. The predicted molar refractivity (Wildman–Crippen MR) is 50.0 cm³/mol. The Balaban J connectivity index is 2.39. The van der Waals surface area contributed by atoms with Crippen LogP contribution < -0.4 is 5.73 Å². The first kappa shape index (κ1) is 10.5. The molecule has 3 N–H and O–H groups in total. The van der Waals surface area contributed by atoms with Crippen molar-refractivity contribution < 1.29 is 9.90 Å². The largest absolute Gasteiger partial charge is 0.389 e. The van der Waals surface area contributed by atoms with Crippen molar-refractivity contribution in [3.8, 4) is 0 Å². The zero-order valence-corrected chi connectivity index (χ0v) is 8.23. The van der Waals surface area contributed by atoms with Gasteiger partial charge in [-0.15, -0.1) is 0 Å². The molecule has 1 heterocycles. The van der Waals surface area contributed by atoms with Crippen molar-refractivity contribution >= 4 is 5.91 Å². The lowest BCUT2D eigenvalue weighted by Crippen LogP contribution is -2.59. The Kier molecular flexibility index (Phi) is 3.27. The van der Waals surface area contributed by atoms with Crippen molar-refractivity contribution in [2.24, 2.45) is 11.7 Å². The van der Waals surface area contributed by atoms with Gasteiger partial charge in [-0.3, -0.25) is 4.79 Å². The van der Waals surface area contributed by atoms with Crippen LogP contribution in [0, 0.1) is 5.92 Å². The minimum Gasteiger partial charge on any atom is -0.389 e. The molecule has 4 nitrogen and oxygen atoms in total.